The number of phenols is 1. The Hall–Kier alpha value is -2.30. The summed E-state index contributed by atoms with van der Waals surface area (Å²) >= 11 is 0. The lowest BCUT2D eigenvalue weighted by Crippen LogP contribution is -2.25. The van der Waals surface area contributed by atoms with Crippen LogP contribution in [0.25, 0.3) is 0 Å². The van der Waals surface area contributed by atoms with Gasteiger partial charge in [-0.25, -0.2) is 4.98 Å². The van der Waals surface area contributed by atoms with Gasteiger partial charge in [0.1, 0.15) is 11.6 Å². The highest BCUT2D eigenvalue weighted by Crippen LogP contribution is 2.09. The van der Waals surface area contributed by atoms with Crippen LogP contribution in [0.2, 0.25) is 0 Å². The largest absolute Gasteiger partial charge is 0.508 e. The van der Waals surface area contributed by atoms with Gasteiger partial charge < -0.3 is 15.4 Å². The molecule has 0 atom stereocenters. The average Bonchev–Trinajstić information content (AvgIpc) is 2.83. The highest BCUT2D eigenvalue weighted by atomic mass is 16.3. The van der Waals surface area contributed by atoms with E-state index < -0.39 is 0 Å². The van der Waals surface area contributed by atoms with Crippen LogP contribution < -0.4 is 5.32 Å². The smallest absolute Gasteiger partial charge is 0.251 e. The van der Waals surface area contributed by atoms with Crippen molar-refractivity contribution in [3.63, 3.8) is 0 Å². The molecule has 5 nitrogen and oxygen atoms in total. The second kappa shape index (κ2) is 5.16. The van der Waals surface area contributed by atoms with Crippen LogP contribution in [0, 0.1) is 0 Å². The summed E-state index contributed by atoms with van der Waals surface area (Å²) in [5, 5.41) is 11.9. The van der Waals surface area contributed by atoms with Crippen molar-refractivity contribution in [2.24, 2.45) is 0 Å². The van der Waals surface area contributed by atoms with E-state index in [4.69, 9.17) is 5.11 Å². The standard InChI is InChI=1S/C12H13N3O2/c16-10-3-1-9(2-4-10)12(17)15-6-5-11-13-7-8-14-11/h1-4,7-8,16H,5-6H2,(H,13,14)(H,15,17). The number of nitrogens with one attached hydrogen (secondary N) is 2. The fraction of sp³-hybridized carbons (Fsp3) is 0.167. The van der Waals surface area contributed by atoms with Gasteiger partial charge in [0, 0.05) is 30.9 Å². The van der Waals surface area contributed by atoms with E-state index in [2.05, 4.69) is 15.3 Å². The fourth-order valence-corrected chi connectivity index (χ4v) is 1.44. The number of imidazole rings is 1. The van der Waals surface area contributed by atoms with Crippen molar-refractivity contribution >= 4 is 5.91 Å². The third-order valence-corrected chi connectivity index (χ3v) is 2.33. The first-order valence-electron chi connectivity index (χ1n) is 5.31. The van der Waals surface area contributed by atoms with Gasteiger partial charge in [-0.1, -0.05) is 0 Å². The maximum atomic E-state index is 11.7. The number of hydrogen-bond donors (Lipinski definition) is 3. The van der Waals surface area contributed by atoms with Crippen molar-refractivity contribution in [2.75, 3.05) is 6.54 Å². The lowest BCUT2D eigenvalue weighted by atomic mass is 10.2. The molecule has 1 aromatic heterocycles. The summed E-state index contributed by atoms with van der Waals surface area (Å²) in [6.45, 7) is 0.521. The number of benzene rings is 1. The Labute approximate surface area is 98.5 Å². The molecule has 0 saturated heterocycles. The maximum Gasteiger partial charge on any atom is 0.251 e. The highest BCUT2D eigenvalue weighted by Gasteiger charge is 2.04. The number of phenolic OH excluding ortho intramolecular Hbond substituents is 1. The normalized spacial score (nSPS) is 10.1. The Bertz CT molecular complexity index is 477. The van der Waals surface area contributed by atoms with Crippen LogP contribution in [0.5, 0.6) is 5.75 Å². The Balaban J connectivity index is 1.83. The number of hydrogen-bond acceptors (Lipinski definition) is 3. The molecule has 0 radical (unpaired) electrons. The lowest BCUT2D eigenvalue weighted by Gasteiger charge is -2.04. The van der Waals surface area contributed by atoms with Crippen LogP contribution in [0.4, 0.5) is 0 Å². The number of aromatic hydroxyl groups is 1. The van der Waals surface area contributed by atoms with Gasteiger partial charge in [-0.3, -0.25) is 4.79 Å². The molecule has 5 heteroatoms. The first-order valence-corrected chi connectivity index (χ1v) is 5.31. The molecular weight excluding hydrogens is 218 g/mol. The minimum atomic E-state index is -0.156. The molecule has 0 fully saturated rings. The SMILES string of the molecule is O=C(NCCc1ncc[nH]1)c1ccc(O)cc1. The molecule has 0 spiro atoms. The zero-order valence-electron chi connectivity index (χ0n) is 9.18. The molecule has 1 aromatic carbocycles. The summed E-state index contributed by atoms with van der Waals surface area (Å²) in [5.41, 5.74) is 0.530. The molecule has 0 aliphatic heterocycles. The van der Waals surface area contributed by atoms with Crippen molar-refractivity contribution in [3.8, 4) is 5.75 Å². The van der Waals surface area contributed by atoms with Crippen molar-refractivity contribution in [2.45, 2.75) is 6.42 Å². The van der Waals surface area contributed by atoms with E-state index in [1.165, 1.54) is 12.1 Å². The first kappa shape index (κ1) is 11.2. The summed E-state index contributed by atoms with van der Waals surface area (Å²) in [4.78, 5) is 18.7. The zero-order valence-corrected chi connectivity index (χ0v) is 9.18. The molecule has 2 aromatic rings. The van der Waals surface area contributed by atoms with E-state index in [0.29, 0.717) is 18.5 Å². The number of nitrogens with zero attached hydrogens (tertiary/aromatic N) is 1. The van der Waals surface area contributed by atoms with Crippen molar-refractivity contribution in [1.82, 2.24) is 15.3 Å². The average molecular weight is 231 g/mol. The highest BCUT2D eigenvalue weighted by molar-refractivity contribution is 5.94. The van der Waals surface area contributed by atoms with Gasteiger partial charge in [-0.2, -0.15) is 0 Å². The van der Waals surface area contributed by atoms with Crippen molar-refractivity contribution in [1.29, 1.82) is 0 Å². The Morgan fingerprint density at radius 3 is 2.76 bits per heavy atom. The van der Waals surface area contributed by atoms with Crippen LogP contribution in [0.3, 0.4) is 0 Å². The Kier molecular flexibility index (Phi) is 3.40. The van der Waals surface area contributed by atoms with E-state index in [-0.39, 0.29) is 11.7 Å². The van der Waals surface area contributed by atoms with E-state index in [1.54, 1.807) is 24.5 Å². The minimum Gasteiger partial charge on any atom is -0.508 e. The fourth-order valence-electron chi connectivity index (χ4n) is 1.44. The molecule has 1 heterocycles. The zero-order chi connectivity index (χ0) is 12.1. The molecule has 0 bridgehead atoms. The Morgan fingerprint density at radius 1 is 1.35 bits per heavy atom. The van der Waals surface area contributed by atoms with Gasteiger partial charge in [0.05, 0.1) is 0 Å². The molecule has 0 unspecified atom stereocenters. The van der Waals surface area contributed by atoms with Crippen molar-refractivity contribution < 1.29 is 9.90 Å². The molecule has 2 rings (SSSR count). The number of carbonyl (C=O) groups is 1. The number of H-pyrrole nitrogens is 1. The van der Waals surface area contributed by atoms with Gasteiger partial charge in [-0.05, 0) is 24.3 Å². The van der Waals surface area contributed by atoms with E-state index >= 15 is 0 Å². The van der Waals surface area contributed by atoms with Gasteiger partial charge in [-0.15, -0.1) is 0 Å². The molecule has 0 aliphatic carbocycles. The summed E-state index contributed by atoms with van der Waals surface area (Å²) in [6.07, 6.45) is 4.09. The molecule has 1 amide bonds. The van der Waals surface area contributed by atoms with Gasteiger partial charge >= 0.3 is 0 Å². The molecule has 0 saturated carbocycles. The monoisotopic (exact) mass is 231 g/mol. The van der Waals surface area contributed by atoms with Crippen LogP contribution in [0.1, 0.15) is 16.2 Å². The molecule has 3 N–H and O–H groups in total. The molecule has 0 aliphatic rings. The maximum absolute atomic E-state index is 11.7. The quantitative estimate of drug-likeness (QED) is 0.737. The third-order valence-electron chi connectivity index (χ3n) is 2.33. The number of carbonyl (C=O) groups excluding carboxylic acids is 1. The molecule has 17 heavy (non-hydrogen) atoms. The van der Waals surface area contributed by atoms with Crippen LogP contribution in [0.15, 0.2) is 36.7 Å². The van der Waals surface area contributed by atoms with E-state index in [1.807, 2.05) is 0 Å². The van der Waals surface area contributed by atoms with Crippen LogP contribution >= 0.6 is 0 Å². The summed E-state index contributed by atoms with van der Waals surface area (Å²) in [5.74, 6) is 0.838. The first-order chi connectivity index (χ1) is 8.25. The van der Waals surface area contributed by atoms with Crippen molar-refractivity contribution in [3.05, 3.63) is 48.0 Å². The van der Waals surface area contributed by atoms with Crippen LogP contribution in [-0.2, 0) is 6.42 Å². The van der Waals surface area contributed by atoms with Gasteiger partial charge in [0.2, 0.25) is 0 Å². The van der Waals surface area contributed by atoms with Gasteiger partial charge in [0.25, 0.3) is 5.91 Å². The third kappa shape index (κ3) is 3.07. The summed E-state index contributed by atoms with van der Waals surface area (Å²) in [7, 11) is 0. The second-order valence-corrected chi connectivity index (χ2v) is 3.59. The predicted octanol–water partition coefficient (Wildman–Crippen LogP) is 1.09. The van der Waals surface area contributed by atoms with Gasteiger partial charge in [0.15, 0.2) is 0 Å². The number of aromatic nitrogens is 2. The number of rotatable bonds is 4. The minimum absolute atomic E-state index is 0.150. The number of aromatic amines is 1. The second-order valence-electron chi connectivity index (χ2n) is 3.59. The molecular formula is C12H13N3O2. The summed E-state index contributed by atoms with van der Waals surface area (Å²) < 4.78 is 0. The van der Waals surface area contributed by atoms with E-state index in [9.17, 15) is 4.79 Å². The predicted molar refractivity (Wildman–Crippen MR) is 62.7 cm³/mol. The number of amides is 1. The van der Waals surface area contributed by atoms with E-state index in [0.717, 1.165) is 5.82 Å². The topological polar surface area (TPSA) is 78.0 Å². The molecule has 88 valence electrons. The lowest BCUT2D eigenvalue weighted by molar-refractivity contribution is 0.0954. The Morgan fingerprint density at radius 2 is 2.12 bits per heavy atom. The van der Waals surface area contributed by atoms with Crippen LogP contribution in [-0.4, -0.2) is 27.5 Å². The summed E-state index contributed by atoms with van der Waals surface area (Å²) in [6, 6.07) is 6.14.